The summed E-state index contributed by atoms with van der Waals surface area (Å²) in [6.45, 7) is 4.58. The van der Waals surface area contributed by atoms with Gasteiger partial charge in [0.2, 0.25) is 0 Å². The number of thiophene rings is 1. The molecular weight excluding hydrogens is 342 g/mol. The van der Waals surface area contributed by atoms with Crippen molar-refractivity contribution in [3.05, 3.63) is 23.2 Å². The fourth-order valence-electron chi connectivity index (χ4n) is 3.81. The molecule has 0 radical (unpaired) electrons. The standard InChI is InChI=1S/C17H21N3O2S2/c1-10-15(11-5-7-20(10)8-6-11)19-16(21)12-3-4-13(23-12)17-18-9-14(22-2)24-17/h3-4,9-11,15H,5-8H2,1-2H3,(H,19,21). The summed E-state index contributed by atoms with van der Waals surface area (Å²) < 4.78 is 5.19. The molecule has 1 N–H and O–H groups in total. The molecule has 1 amide bonds. The highest BCUT2D eigenvalue weighted by Gasteiger charge is 2.40. The lowest BCUT2D eigenvalue weighted by molar-refractivity contribution is 0.0218. The minimum absolute atomic E-state index is 0.0420. The number of ether oxygens (including phenoxy) is 1. The summed E-state index contributed by atoms with van der Waals surface area (Å²) in [7, 11) is 1.64. The third-order valence-electron chi connectivity index (χ3n) is 5.20. The molecular formula is C17H21N3O2S2. The van der Waals surface area contributed by atoms with Crippen LogP contribution in [0, 0.1) is 5.92 Å². The van der Waals surface area contributed by atoms with E-state index in [2.05, 4.69) is 22.1 Å². The van der Waals surface area contributed by atoms with E-state index in [0.717, 1.165) is 19.8 Å². The summed E-state index contributed by atoms with van der Waals surface area (Å²) in [4.78, 5) is 21.3. The first-order chi connectivity index (χ1) is 11.7. The second kappa shape index (κ2) is 6.46. The number of nitrogens with one attached hydrogen (secondary N) is 1. The van der Waals surface area contributed by atoms with Crippen molar-refractivity contribution in [3.8, 4) is 14.9 Å². The number of nitrogens with zero attached hydrogens (tertiary/aromatic N) is 2. The quantitative estimate of drug-likeness (QED) is 0.907. The Morgan fingerprint density at radius 3 is 2.79 bits per heavy atom. The zero-order chi connectivity index (χ0) is 16.7. The Balaban J connectivity index is 1.47. The predicted molar refractivity (Wildman–Crippen MR) is 97.0 cm³/mol. The van der Waals surface area contributed by atoms with E-state index in [9.17, 15) is 4.79 Å². The van der Waals surface area contributed by atoms with E-state index in [1.165, 1.54) is 48.6 Å². The van der Waals surface area contributed by atoms with Crippen molar-refractivity contribution < 1.29 is 9.53 Å². The van der Waals surface area contributed by atoms with Crippen molar-refractivity contribution in [3.63, 3.8) is 0 Å². The molecule has 128 valence electrons. The molecule has 24 heavy (non-hydrogen) atoms. The molecule has 0 spiro atoms. The number of hydrogen-bond acceptors (Lipinski definition) is 6. The van der Waals surface area contributed by atoms with Gasteiger partial charge in [-0.05, 0) is 50.9 Å². The van der Waals surface area contributed by atoms with Gasteiger partial charge in [-0.15, -0.1) is 11.3 Å². The summed E-state index contributed by atoms with van der Waals surface area (Å²) in [5, 5.41) is 4.96. The van der Waals surface area contributed by atoms with E-state index in [-0.39, 0.29) is 11.9 Å². The van der Waals surface area contributed by atoms with Crippen LogP contribution in [0.3, 0.4) is 0 Å². The highest BCUT2D eigenvalue weighted by Crippen LogP contribution is 2.35. The van der Waals surface area contributed by atoms with E-state index in [1.807, 2.05) is 12.1 Å². The number of amides is 1. The van der Waals surface area contributed by atoms with E-state index in [0.29, 0.717) is 12.0 Å². The lowest BCUT2D eigenvalue weighted by atomic mass is 9.79. The molecule has 3 saturated heterocycles. The SMILES string of the molecule is COc1cnc(-c2ccc(C(=O)NC3C4CCN(CC4)C3C)s2)s1. The third-order valence-corrected chi connectivity index (χ3v) is 7.41. The average molecular weight is 364 g/mol. The number of thiazole rings is 1. The van der Waals surface area contributed by atoms with Crippen molar-refractivity contribution in [1.29, 1.82) is 0 Å². The number of methoxy groups -OCH3 is 1. The van der Waals surface area contributed by atoms with Crippen LogP contribution in [-0.2, 0) is 0 Å². The summed E-state index contributed by atoms with van der Waals surface area (Å²) in [5.74, 6) is 0.664. The molecule has 5 nitrogen and oxygen atoms in total. The van der Waals surface area contributed by atoms with Gasteiger partial charge in [-0.25, -0.2) is 4.98 Å². The van der Waals surface area contributed by atoms with Gasteiger partial charge in [0.15, 0.2) is 5.06 Å². The van der Waals surface area contributed by atoms with Gasteiger partial charge < -0.3 is 10.1 Å². The van der Waals surface area contributed by atoms with Gasteiger partial charge in [0.05, 0.1) is 23.1 Å². The van der Waals surface area contributed by atoms with E-state index >= 15 is 0 Å². The maximum Gasteiger partial charge on any atom is 0.261 e. The number of carbonyl (C=O) groups is 1. The molecule has 2 aromatic rings. The van der Waals surface area contributed by atoms with Gasteiger partial charge >= 0.3 is 0 Å². The van der Waals surface area contributed by atoms with Crippen LogP contribution in [0.15, 0.2) is 18.3 Å². The van der Waals surface area contributed by atoms with Crippen molar-refractivity contribution in [2.75, 3.05) is 20.2 Å². The van der Waals surface area contributed by atoms with Crippen LogP contribution in [-0.4, -0.2) is 48.1 Å². The molecule has 0 saturated carbocycles. The molecule has 3 aliphatic rings. The van der Waals surface area contributed by atoms with Crippen LogP contribution in [0.4, 0.5) is 0 Å². The van der Waals surface area contributed by atoms with Crippen molar-refractivity contribution in [1.82, 2.24) is 15.2 Å². The van der Waals surface area contributed by atoms with Gasteiger partial charge in [0, 0.05) is 12.1 Å². The first kappa shape index (κ1) is 16.1. The Morgan fingerprint density at radius 1 is 1.33 bits per heavy atom. The molecule has 7 heteroatoms. The predicted octanol–water partition coefficient (Wildman–Crippen LogP) is 3.09. The van der Waals surface area contributed by atoms with Gasteiger partial charge in [-0.2, -0.15) is 0 Å². The molecule has 0 aliphatic carbocycles. The maximum atomic E-state index is 12.7. The average Bonchev–Trinajstić information content (AvgIpc) is 3.27. The molecule has 3 fully saturated rings. The number of rotatable bonds is 4. The third kappa shape index (κ3) is 2.85. The zero-order valence-electron chi connectivity index (χ0n) is 13.8. The highest BCUT2D eigenvalue weighted by atomic mass is 32.1. The first-order valence-electron chi connectivity index (χ1n) is 8.30. The monoisotopic (exact) mass is 363 g/mol. The van der Waals surface area contributed by atoms with Crippen molar-refractivity contribution in [2.24, 2.45) is 5.92 Å². The Bertz CT molecular complexity index is 732. The fraction of sp³-hybridized carbons (Fsp3) is 0.529. The van der Waals surface area contributed by atoms with E-state index in [1.54, 1.807) is 13.3 Å². The topological polar surface area (TPSA) is 54.5 Å². The fourth-order valence-corrected chi connectivity index (χ4v) is 5.51. The summed E-state index contributed by atoms with van der Waals surface area (Å²) in [6, 6.07) is 4.57. The minimum Gasteiger partial charge on any atom is -0.486 e. The van der Waals surface area contributed by atoms with Crippen LogP contribution < -0.4 is 10.1 Å². The molecule has 0 aromatic carbocycles. The molecule has 2 unspecified atom stereocenters. The molecule has 5 heterocycles. The lowest BCUT2D eigenvalue weighted by Crippen LogP contribution is -2.62. The minimum atomic E-state index is 0.0420. The summed E-state index contributed by atoms with van der Waals surface area (Å²) >= 11 is 2.99. The Labute approximate surface area is 149 Å². The largest absolute Gasteiger partial charge is 0.486 e. The molecule has 2 bridgehead atoms. The summed E-state index contributed by atoms with van der Waals surface area (Å²) in [6.07, 6.45) is 4.11. The van der Waals surface area contributed by atoms with Crippen LogP contribution >= 0.6 is 22.7 Å². The smallest absolute Gasteiger partial charge is 0.261 e. The number of aromatic nitrogens is 1. The second-order valence-corrected chi connectivity index (χ2v) is 8.54. The zero-order valence-corrected chi connectivity index (χ0v) is 15.5. The normalized spacial score (nSPS) is 28.8. The number of carbonyl (C=O) groups excluding carboxylic acids is 1. The van der Waals surface area contributed by atoms with Gasteiger partial charge in [-0.3, -0.25) is 9.69 Å². The number of hydrogen-bond donors (Lipinski definition) is 1. The Kier molecular flexibility index (Phi) is 4.32. The number of fused-ring (bicyclic) bond motifs is 3. The molecule has 5 rings (SSSR count). The highest BCUT2D eigenvalue weighted by molar-refractivity contribution is 7.23. The lowest BCUT2D eigenvalue weighted by Gasteiger charge is -2.49. The van der Waals surface area contributed by atoms with Gasteiger partial charge in [-0.1, -0.05) is 11.3 Å². The van der Waals surface area contributed by atoms with Crippen molar-refractivity contribution in [2.45, 2.75) is 31.8 Å². The van der Waals surface area contributed by atoms with Gasteiger partial charge in [0.1, 0.15) is 5.01 Å². The Hall–Kier alpha value is -1.44. The van der Waals surface area contributed by atoms with Crippen LogP contribution in [0.25, 0.3) is 9.88 Å². The second-order valence-electron chi connectivity index (χ2n) is 6.47. The Morgan fingerprint density at radius 2 is 2.12 bits per heavy atom. The molecule has 2 aromatic heterocycles. The van der Waals surface area contributed by atoms with Gasteiger partial charge in [0.25, 0.3) is 5.91 Å². The van der Waals surface area contributed by atoms with Crippen LogP contribution in [0.2, 0.25) is 0 Å². The first-order valence-corrected chi connectivity index (χ1v) is 9.94. The van der Waals surface area contributed by atoms with E-state index < -0.39 is 0 Å². The van der Waals surface area contributed by atoms with Crippen LogP contribution in [0.1, 0.15) is 29.4 Å². The van der Waals surface area contributed by atoms with E-state index in [4.69, 9.17) is 4.74 Å². The van der Waals surface area contributed by atoms with Crippen molar-refractivity contribution >= 4 is 28.6 Å². The maximum absolute atomic E-state index is 12.7. The molecule has 3 aliphatic heterocycles. The molecule has 2 atom stereocenters. The van der Waals surface area contributed by atoms with Crippen LogP contribution in [0.5, 0.6) is 5.06 Å². The number of piperidine rings is 3. The summed E-state index contributed by atoms with van der Waals surface area (Å²) in [5.41, 5.74) is 0.